The Bertz CT molecular complexity index is 499. The second-order valence-corrected chi connectivity index (χ2v) is 5.33. The molecule has 20 heavy (non-hydrogen) atoms. The van der Waals surface area contributed by atoms with Gasteiger partial charge in [0, 0.05) is 11.6 Å². The van der Waals surface area contributed by atoms with Crippen LogP contribution < -0.4 is 10.6 Å². The summed E-state index contributed by atoms with van der Waals surface area (Å²) in [4.78, 5) is 12.4. The van der Waals surface area contributed by atoms with Crippen LogP contribution >= 0.6 is 0 Å². The molecule has 5 heteroatoms. The largest absolute Gasteiger partial charge is 0.348 e. The molecule has 1 aromatic rings. The predicted molar refractivity (Wildman–Crippen MR) is 73.2 cm³/mol. The third-order valence-corrected chi connectivity index (χ3v) is 4.06. The molecule has 3 nitrogen and oxygen atoms in total. The SMILES string of the molecule is CCC1(C(=O)NC(C)c2ccc(F)cc2F)CCCN1. The average molecular weight is 282 g/mol. The first-order valence-electron chi connectivity index (χ1n) is 6.99. The van der Waals surface area contributed by atoms with E-state index < -0.39 is 23.2 Å². The van der Waals surface area contributed by atoms with Crippen LogP contribution in [0, 0.1) is 11.6 Å². The van der Waals surface area contributed by atoms with Crippen LogP contribution in [0.5, 0.6) is 0 Å². The minimum Gasteiger partial charge on any atom is -0.348 e. The Balaban J connectivity index is 2.10. The molecule has 1 amide bonds. The van der Waals surface area contributed by atoms with E-state index >= 15 is 0 Å². The van der Waals surface area contributed by atoms with E-state index in [4.69, 9.17) is 0 Å². The van der Waals surface area contributed by atoms with Crippen molar-refractivity contribution in [3.8, 4) is 0 Å². The van der Waals surface area contributed by atoms with Gasteiger partial charge in [-0.3, -0.25) is 4.79 Å². The molecular weight excluding hydrogens is 262 g/mol. The van der Waals surface area contributed by atoms with Gasteiger partial charge in [0.25, 0.3) is 0 Å². The van der Waals surface area contributed by atoms with Crippen molar-refractivity contribution in [2.24, 2.45) is 0 Å². The van der Waals surface area contributed by atoms with E-state index in [2.05, 4.69) is 10.6 Å². The lowest BCUT2D eigenvalue weighted by Gasteiger charge is -2.29. The fraction of sp³-hybridized carbons (Fsp3) is 0.533. The van der Waals surface area contributed by atoms with Crippen molar-refractivity contribution < 1.29 is 13.6 Å². The number of carbonyl (C=O) groups excluding carboxylic acids is 1. The molecular formula is C15H20F2N2O. The zero-order valence-corrected chi connectivity index (χ0v) is 11.8. The van der Waals surface area contributed by atoms with Crippen molar-refractivity contribution in [2.75, 3.05) is 6.54 Å². The van der Waals surface area contributed by atoms with E-state index in [0.29, 0.717) is 12.0 Å². The van der Waals surface area contributed by atoms with E-state index in [1.807, 2.05) is 6.92 Å². The normalized spacial score (nSPS) is 23.6. The molecule has 2 atom stereocenters. The Labute approximate surface area is 117 Å². The molecule has 2 unspecified atom stereocenters. The first-order valence-corrected chi connectivity index (χ1v) is 6.99. The minimum atomic E-state index is -0.636. The van der Waals surface area contributed by atoms with Gasteiger partial charge in [0.2, 0.25) is 5.91 Å². The fourth-order valence-corrected chi connectivity index (χ4v) is 2.73. The Morgan fingerprint density at radius 3 is 2.80 bits per heavy atom. The fourth-order valence-electron chi connectivity index (χ4n) is 2.73. The zero-order chi connectivity index (χ0) is 14.8. The topological polar surface area (TPSA) is 41.1 Å². The summed E-state index contributed by atoms with van der Waals surface area (Å²) in [5, 5.41) is 6.06. The van der Waals surface area contributed by atoms with Crippen molar-refractivity contribution in [1.82, 2.24) is 10.6 Å². The first-order chi connectivity index (χ1) is 9.48. The summed E-state index contributed by atoms with van der Waals surface area (Å²) in [5.41, 5.74) is -0.255. The van der Waals surface area contributed by atoms with Crippen LogP contribution in [0.15, 0.2) is 18.2 Å². The third kappa shape index (κ3) is 2.82. The summed E-state index contributed by atoms with van der Waals surface area (Å²) in [7, 11) is 0. The standard InChI is InChI=1S/C15H20F2N2O/c1-3-15(7-4-8-18-15)14(20)19-10(2)12-6-5-11(16)9-13(12)17/h5-6,9-10,18H,3-4,7-8H2,1-2H3,(H,19,20). The molecule has 0 aromatic heterocycles. The van der Waals surface area contributed by atoms with Gasteiger partial charge in [-0.2, -0.15) is 0 Å². The highest BCUT2D eigenvalue weighted by Gasteiger charge is 2.39. The van der Waals surface area contributed by atoms with Crippen LogP contribution in [-0.4, -0.2) is 18.0 Å². The van der Waals surface area contributed by atoms with Crippen molar-refractivity contribution >= 4 is 5.91 Å². The number of carbonyl (C=O) groups is 1. The van der Waals surface area contributed by atoms with Crippen LogP contribution in [-0.2, 0) is 4.79 Å². The van der Waals surface area contributed by atoms with Crippen LogP contribution in [0.4, 0.5) is 8.78 Å². The molecule has 1 aliphatic heterocycles. The highest BCUT2D eigenvalue weighted by atomic mass is 19.1. The van der Waals surface area contributed by atoms with Crippen LogP contribution in [0.1, 0.15) is 44.7 Å². The molecule has 2 rings (SSSR count). The summed E-state index contributed by atoms with van der Waals surface area (Å²) >= 11 is 0. The van der Waals surface area contributed by atoms with E-state index in [1.54, 1.807) is 6.92 Å². The average Bonchev–Trinajstić information content (AvgIpc) is 2.88. The Hall–Kier alpha value is -1.49. The third-order valence-electron chi connectivity index (χ3n) is 4.06. The number of nitrogens with one attached hydrogen (secondary N) is 2. The number of amides is 1. The number of halogens is 2. The molecule has 2 N–H and O–H groups in total. The van der Waals surface area contributed by atoms with Gasteiger partial charge in [-0.25, -0.2) is 8.78 Å². The first kappa shape index (κ1) is 14.9. The smallest absolute Gasteiger partial charge is 0.240 e. The van der Waals surface area contributed by atoms with Crippen molar-refractivity contribution in [1.29, 1.82) is 0 Å². The molecule has 0 radical (unpaired) electrons. The molecule has 0 saturated carbocycles. The van der Waals surface area contributed by atoms with Crippen molar-refractivity contribution in [3.63, 3.8) is 0 Å². The maximum absolute atomic E-state index is 13.7. The van der Waals surface area contributed by atoms with Gasteiger partial charge in [0.1, 0.15) is 11.6 Å². The van der Waals surface area contributed by atoms with Gasteiger partial charge < -0.3 is 10.6 Å². The molecule has 110 valence electrons. The van der Waals surface area contributed by atoms with E-state index in [0.717, 1.165) is 25.5 Å². The maximum Gasteiger partial charge on any atom is 0.240 e. The highest BCUT2D eigenvalue weighted by Crippen LogP contribution is 2.25. The van der Waals surface area contributed by atoms with Crippen LogP contribution in [0.25, 0.3) is 0 Å². The van der Waals surface area contributed by atoms with Gasteiger partial charge in [-0.15, -0.1) is 0 Å². The number of hydrogen-bond donors (Lipinski definition) is 2. The van der Waals surface area contributed by atoms with Gasteiger partial charge in [0.05, 0.1) is 11.6 Å². The molecule has 1 saturated heterocycles. The predicted octanol–water partition coefficient (Wildman–Crippen LogP) is 2.67. The van der Waals surface area contributed by atoms with Crippen molar-refractivity contribution in [3.05, 3.63) is 35.4 Å². The maximum atomic E-state index is 13.7. The molecule has 1 fully saturated rings. The molecule has 1 aliphatic rings. The second-order valence-electron chi connectivity index (χ2n) is 5.33. The lowest BCUT2D eigenvalue weighted by Crippen LogP contribution is -2.53. The Morgan fingerprint density at radius 1 is 1.50 bits per heavy atom. The summed E-state index contributed by atoms with van der Waals surface area (Å²) < 4.78 is 26.6. The van der Waals surface area contributed by atoms with Crippen LogP contribution in [0.2, 0.25) is 0 Å². The monoisotopic (exact) mass is 282 g/mol. The van der Waals surface area contributed by atoms with E-state index in [-0.39, 0.29) is 5.91 Å². The summed E-state index contributed by atoms with van der Waals surface area (Å²) in [6, 6.07) is 2.91. The molecule has 0 bridgehead atoms. The molecule has 0 spiro atoms. The Morgan fingerprint density at radius 2 is 2.25 bits per heavy atom. The number of benzene rings is 1. The summed E-state index contributed by atoms with van der Waals surface area (Å²) in [6.07, 6.45) is 2.44. The Kier molecular flexibility index (Phi) is 4.38. The number of rotatable bonds is 4. The molecule has 1 aromatic carbocycles. The van der Waals surface area contributed by atoms with Gasteiger partial charge in [-0.1, -0.05) is 13.0 Å². The highest BCUT2D eigenvalue weighted by molar-refractivity contribution is 5.87. The van der Waals surface area contributed by atoms with Gasteiger partial charge in [0.15, 0.2) is 0 Å². The van der Waals surface area contributed by atoms with E-state index in [9.17, 15) is 13.6 Å². The zero-order valence-electron chi connectivity index (χ0n) is 11.8. The minimum absolute atomic E-state index is 0.117. The quantitative estimate of drug-likeness (QED) is 0.891. The van der Waals surface area contributed by atoms with Crippen LogP contribution in [0.3, 0.4) is 0 Å². The summed E-state index contributed by atoms with van der Waals surface area (Å²) in [5.74, 6) is -1.37. The van der Waals surface area contributed by atoms with Crippen molar-refractivity contribution in [2.45, 2.75) is 44.7 Å². The number of hydrogen-bond acceptors (Lipinski definition) is 2. The molecule has 0 aliphatic carbocycles. The summed E-state index contributed by atoms with van der Waals surface area (Å²) in [6.45, 7) is 4.48. The second kappa shape index (κ2) is 5.87. The lowest BCUT2D eigenvalue weighted by molar-refractivity contribution is -0.128. The van der Waals surface area contributed by atoms with E-state index in [1.165, 1.54) is 12.1 Å². The van der Waals surface area contributed by atoms with Gasteiger partial charge in [-0.05, 0) is 38.8 Å². The molecule has 1 heterocycles. The lowest BCUT2D eigenvalue weighted by atomic mass is 9.92. The van der Waals surface area contributed by atoms with Gasteiger partial charge >= 0.3 is 0 Å².